The lowest BCUT2D eigenvalue weighted by atomic mass is 10.1. The van der Waals surface area contributed by atoms with E-state index in [0.717, 1.165) is 5.56 Å². The fourth-order valence-corrected chi connectivity index (χ4v) is 1.26. The maximum atomic E-state index is 13.3. The Labute approximate surface area is 90.6 Å². The van der Waals surface area contributed by atoms with Gasteiger partial charge in [-0.05, 0) is 24.6 Å². The summed E-state index contributed by atoms with van der Waals surface area (Å²) >= 11 is 3.17. The first-order chi connectivity index (χ1) is 6.65. The molecule has 4 heteroatoms. The first-order valence-corrected chi connectivity index (χ1v) is 5.37. The number of benzene rings is 1. The van der Waals surface area contributed by atoms with Crippen molar-refractivity contribution in [1.82, 2.24) is 5.32 Å². The average molecular weight is 260 g/mol. The van der Waals surface area contributed by atoms with E-state index < -0.39 is 5.82 Å². The van der Waals surface area contributed by atoms with E-state index in [1.165, 1.54) is 12.1 Å². The third-order valence-electron chi connectivity index (χ3n) is 1.75. The predicted octanol–water partition coefficient (Wildman–Crippen LogP) is 2.26. The number of amides is 1. The monoisotopic (exact) mass is 259 g/mol. The minimum atomic E-state index is -0.475. The van der Waals surface area contributed by atoms with Crippen molar-refractivity contribution in [2.45, 2.75) is 6.92 Å². The van der Waals surface area contributed by atoms with Crippen LogP contribution >= 0.6 is 15.9 Å². The summed E-state index contributed by atoms with van der Waals surface area (Å²) in [6.07, 6.45) is 0. The molecule has 1 rings (SSSR count). The summed E-state index contributed by atoms with van der Waals surface area (Å²) in [4.78, 5) is 11.4. The van der Waals surface area contributed by atoms with Crippen molar-refractivity contribution >= 4 is 21.8 Å². The van der Waals surface area contributed by atoms with Gasteiger partial charge < -0.3 is 5.32 Å². The molecule has 1 aromatic carbocycles. The van der Waals surface area contributed by atoms with Crippen LogP contribution in [-0.4, -0.2) is 17.8 Å². The number of halogens is 2. The van der Waals surface area contributed by atoms with Crippen molar-refractivity contribution in [3.8, 4) is 0 Å². The molecule has 1 aromatic rings. The number of hydrogen-bond donors (Lipinski definition) is 1. The number of nitrogens with one attached hydrogen (secondary N) is 1. The normalized spacial score (nSPS) is 9.93. The zero-order chi connectivity index (χ0) is 10.6. The van der Waals surface area contributed by atoms with E-state index in [4.69, 9.17) is 0 Å². The highest BCUT2D eigenvalue weighted by atomic mass is 79.9. The molecule has 0 spiro atoms. The highest BCUT2D eigenvalue weighted by Gasteiger charge is 2.10. The fraction of sp³-hybridized carbons (Fsp3) is 0.300. The SMILES string of the molecule is Cc1ccc(C(=O)NCCBr)c(F)c1. The standard InChI is InChI=1S/C10H11BrFNO/c1-7-2-3-8(9(12)6-7)10(14)13-5-4-11/h2-3,6H,4-5H2,1H3,(H,13,14). The molecule has 0 unspecified atom stereocenters. The molecule has 0 radical (unpaired) electrons. The molecule has 0 saturated carbocycles. The van der Waals surface area contributed by atoms with Crippen molar-refractivity contribution < 1.29 is 9.18 Å². The molecule has 1 amide bonds. The summed E-state index contributed by atoms with van der Waals surface area (Å²) in [6, 6.07) is 4.56. The molecule has 0 bridgehead atoms. The molecule has 0 aliphatic heterocycles. The van der Waals surface area contributed by atoms with E-state index in [2.05, 4.69) is 21.2 Å². The van der Waals surface area contributed by atoms with Crippen LogP contribution in [0.25, 0.3) is 0 Å². The van der Waals surface area contributed by atoms with Gasteiger partial charge in [0.15, 0.2) is 0 Å². The molecule has 0 saturated heterocycles. The van der Waals surface area contributed by atoms with Crippen molar-refractivity contribution in [2.75, 3.05) is 11.9 Å². The summed E-state index contributed by atoms with van der Waals surface area (Å²) in [6.45, 7) is 2.27. The van der Waals surface area contributed by atoms with Crippen molar-refractivity contribution in [3.05, 3.63) is 35.1 Å². The number of carbonyl (C=O) groups is 1. The molecule has 1 N–H and O–H groups in total. The van der Waals surface area contributed by atoms with Crippen LogP contribution in [0.3, 0.4) is 0 Å². The summed E-state index contributed by atoms with van der Waals surface area (Å²) in [5.74, 6) is -0.848. The summed E-state index contributed by atoms with van der Waals surface area (Å²) in [5, 5.41) is 3.24. The summed E-state index contributed by atoms with van der Waals surface area (Å²) in [7, 11) is 0. The molecule has 0 fully saturated rings. The number of alkyl halides is 1. The first-order valence-electron chi connectivity index (χ1n) is 4.25. The van der Waals surface area contributed by atoms with Gasteiger partial charge in [0.1, 0.15) is 5.82 Å². The molecule has 0 atom stereocenters. The molecule has 0 aromatic heterocycles. The van der Waals surface area contributed by atoms with Gasteiger partial charge in [0.25, 0.3) is 5.91 Å². The van der Waals surface area contributed by atoms with Gasteiger partial charge in [-0.2, -0.15) is 0 Å². The zero-order valence-corrected chi connectivity index (χ0v) is 9.40. The van der Waals surface area contributed by atoms with Gasteiger partial charge in [-0.3, -0.25) is 4.79 Å². The number of hydrogen-bond acceptors (Lipinski definition) is 1. The lowest BCUT2D eigenvalue weighted by Gasteiger charge is -2.04. The van der Waals surface area contributed by atoms with Crippen molar-refractivity contribution in [2.24, 2.45) is 0 Å². The molecular formula is C10H11BrFNO. The molecule has 2 nitrogen and oxygen atoms in total. The van der Waals surface area contributed by atoms with E-state index in [1.54, 1.807) is 13.0 Å². The largest absolute Gasteiger partial charge is 0.351 e. The third-order valence-corrected chi connectivity index (χ3v) is 2.15. The molecule has 0 aliphatic rings. The first kappa shape index (κ1) is 11.2. The molecule has 14 heavy (non-hydrogen) atoms. The third kappa shape index (κ3) is 2.80. The van der Waals surface area contributed by atoms with Crippen LogP contribution in [0.1, 0.15) is 15.9 Å². The van der Waals surface area contributed by atoms with Crippen LogP contribution in [0.2, 0.25) is 0 Å². The second-order valence-electron chi connectivity index (χ2n) is 2.93. The maximum Gasteiger partial charge on any atom is 0.254 e. The lowest BCUT2D eigenvalue weighted by molar-refractivity contribution is 0.0952. The second kappa shape index (κ2) is 5.10. The Hall–Kier alpha value is -0.900. The Morgan fingerprint density at radius 3 is 2.86 bits per heavy atom. The van der Waals surface area contributed by atoms with Gasteiger partial charge in [0.05, 0.1) is 5.56 Å². The van der Waals surface area contributed by atoms with E-state index in [9.17, 15) is 9.18 Å². The fourth-order valence-electron chi connectivity index (χ4n) is 1.06. The van der Waals surface area contributed by atoms with Crippen molar-refractivity contribution in [3.63, 3.8) is 0 Å². The van der Waals surface area contributed by atoms with Crippen LogP contribution in [0, 0.1) is 12.7 Å². The van der Waals surface area contributed by atoms with E-state index in [-0.39, 0.29) is 11.5 Å². The van der Waals surface area contributed by atoms with Crippen LogP contribution in [0.15, 0.2) is 18.2 Å². The number of rotatable bonds is 3. The molecule has 0 heterocycles. The molecule has 76 valence electrons. The maximum absolute atomic E-state index is 13.3. The van der Waals surface area contributed by atoms with E-state index in [1.807, 2.05) is 0 Å². The van der Waals surface area contributed by atoms with Gasteiger partial charge in [0, 0.05) is 11.9 Å². The number of aryl methyl sites for hydroxylation is 1. The Kier molecular flexibility index (Phi) is 4.07. The van der Waals surface area contributed by atoms with Gasteiger partial charge >= 0.3 is 0 Å². The summed E-state index contributed by atoms with van der Waals surface area (Å²) < 4.78 is 13.3. The minimum Gasteiger partial charge on any atom is -0.351 e. The highest BCUT2D eigenvalue weighted by Crippen LogP contribution is 2.09. The Morgan fingerprint density at radius 2 is 2.29 bits per heavy atom. The average Bonchev–Trinajstić information content (AvgIpc) is 2.14. The van der Waals surface area contributed by atoms with Gasteiger partial charge in [-0.15, -0.1) is 0 Å². The highest BCUT2D eigenvalue weighted by molar-refractivity contribution is 9.09. The summed E-state index contributed by atoms with van der Waals surface area (Å²) in [5.41, 5.74) is 0.899. The quantitative estimate of drug-likeness (QED) is 0.830. The second-order valence-corrected chi connectivity index (χ2v) is 3.72. The van der Waals surface area contributed by atoms with Crippen LogP contribution in [-0.2, 0) is 0 Å². The smallest absolute Gasteiger partial charge is 0.254 e. The molecular weight excluding hydrogens is 249 g/mol. The Balaban J connectivity index is 2.80. The van der Waals surface area contributed by atoms with Gasteiger partial charge in [0.2, 0.25) is 0 Å². The van der Waals surface area contributed by atoms with Crippen LogP contribution < -0.4 is 5.32 Å². The Bertz CT molecular complexity index is 341. The van der Waals surface area contributed by atoms with E-state index in [0.29, 0.717) is 11.9 Å². The topological polar surface area (TPSA) is 29.1 Å². The van der Waals surface area contributed by atoms with Gasteiger partial charge in [-0.1, -0.05) is 22.0 Å². The predicted molar refractivity (Wildman–Crippen MR) is 57.3 cm³/mol. The van der Waals surface area contributed by atoms with E-state index >= 15 is 0 Å². The lowest BCUT2D eigenvalue weighted by Crippen LogP contribution is -2.26. The molecule has 0 aliphatic carbocycles. The van der Waals surface area contributed by atoms with Gasteiger partial charge in [-0.25, -0.2) is 4.39 Å². The minimum absolute atomic E-state index is 0.0940. The zero-order valence-electron chi connectivity index (χ0n) is 7.81. The Morgan fingerprint density at radius 1 is 1.57 bits per heavy atom. The van der Waals surface area contributed by atoms with Crippen LogP contribution in [0.4, 0.5) is 4.39 Å². The number of carbonyl (C=O) groups excluding carboxylic acids is 1. The van der Waals surface area contributed by atoms with Crippen molar-refractivity contribution in [1.29, 1.82) is 0 Å². The van der Waals surface area contributed by atoms with Crippen LogP contribution in [0.5, 0.6) is 0 Å².